The first-order valence-electron chi connectivity index (χ1n) is 3.75. The molecule has 12 heavy (non-hydrogen) atoms. The summed E-state index contributed by atoms with van der Waals surface area (Å²) in [5, 5.41) is 8.42. The molecule has 0 aromatic rings. The first-order chi connectivity index (χ1) is 5.55. The lowest BCUT2D eigenvalue weighted by atomic mass is 9.92. The molecular formula is C8H8F3N. The molecule has 0 aliphatic heterocycles. The van der Waals surface area contributed by atoms with Crippen molar-refractivity contribution in [3.63, 3.8) is 0 Å². The Kier molecular flexibility index (Phi) is 2.41. The zero-order valence-corrected chi connectivity index (χ0v) is 6.41. The van der Waals surface area contributed by atoms with Crippen molar-refractivity contribution in [2.24, 2.45) is 0 Å². The van der Waals surface area contributed by atoms with Crippen molar-refractivity contribution >= 4 is 0 Å². The van der Waals surface area contributed by atoms with Crippen molar-refractivity contribution in [3.05, 3.63) is 11.1 Å². The molecule has 1 rings (SSSR count). The molecule has 0 radical (unpaired) electrons. The number of allylic oxidation sites excluding steroid dienone is 2. The van der Waals surface area contributed by atoms with Gasteiger partial charge < -0.3 is 0 Å². The fourth-order valence-corrected chi connectivity index (χ4v) is 1.34. The normalized spacial score (nSPS) is 19.2. The van der Waals surface area contributed by atoms with Crippen molar-refractivity contribution in [2.45, 2.75) is 31.9 Å². The van der Waals surface area contributed by atoms with Crippen molar-refractivity contribution in [1.82, 2.24) is 0 Å². The quantitative estimate of drug-likeness (QED) is 0.555. The Hall–Kier alpha value is -0.980. The van der Waals surface area contributed by atoms with Crippen LogP contribution in [0.1, 0.15) is 25.7 Å². The van der Waals surface area contributed by atoms with E-state index in [0.29, 0.717) is 12.8 Å². The second-order valence-electron chi connectivity index (χ2n) is 2.77. The van der Waals surface area contributed by atoms with Gasteiger partial charge in [-0.25, -0.2) is 0 Å². The summed E-state index contributed by atoms with van der Waals surface area (Å²) in [4.78, 5) is 0. The van der Waals surface area contributed by atoms with Gasteiger partial charge in [0.05, 0.1) is 6.07 Å². The molecular weight excluding hydrogens is 167 g/mol. The molecule has 0 bridgehead atoms. The van der Waals surface area contributed by atoms with E-state index in [1.165, 1.54) is 0 Å². The molecule has 0 unspecified atom stereocenters. The van der Waals surface area contributed by atoms with E-state index in [1.54, 1.807) is 6.07 Å². The van der Waals surface area contributed by atoms with E-state index in [1.807, 2.05) is 0 Å². The van der Waals surface area contributed by atoms with E-state index < -0.39 is 11.7 Å². The van der Waals surface area contributed by atoms with Gasteiger partial charge in [-0.05, 0) is 25.7 Å². The molecule has 0 spiro atoms. The predicted octanol–water partition coefficient (Wildman–Crippen LogP) is 2.94. The molecule has 0 aromatic heterocycles. The van der Waals surface area contributed by atoms with Crippen LogP contribution in [0.4, 0.5) is 13.2 Å². The molecule has 4 heteroatoms. The number of halogens is 3. The number of rotatable bonds is 0. The van der Waals surface area contributed by atoms with E-state index >= 15 is 0 Å². The smallest absolute Gasteiger partial charge is 0.193 e. The summed E-state index contributed by atoms with van der Waals surface area (Å²) < 4.78 is 36.5. The lowest BCUT2D eigenvalue weighted by molar-refractivity contribution is -0.0955. The maximum Gasteiger partial charge on any atom is 0.413 e. The van der Waals surface area contributed by atoms with Crippen LogP contribution in [0.5, 0.6) is 0 Å². The number of alkyl halides is 3. The highest BCUT2D eigenvalue weighted by Gasteiger charge is 2.36. The second-order valence-corrected chi connectivity index (χ2v) is 2.77. The summed E-state index contributed by atoms with van der Waals surface area (Å²) in [7, 11) is 0. The van der Waals surface area contributed by atoms with Gasteiger partial charge in [-0.1, -0.05) is 0 Å². The van der Waals surface area contributed by atoms with E-state index in [-0.39, 0.29) is 18.4 Å². The van der Waals surface area contributed by atoms with Gasteiger partial charge >= 0.3 is 6.18 Å². The number of nitriles is 1. The average Bonchev–Trinajstić information content (AvgIpc) is 2.03. The van der Waals surface area contributed by atoms with Crippen LogP contribution < -0.4 is 0 Å². The largest absolute Gasteiger partial charge is 0.413 e. The molecule has 1 aliphatic rings. The molecule has 0 saturated heterocycles. The van der Waals surface area contributed by atoms with E-state index in [4.69, 9.17) is 5.26 Å². The molecule has 1 nitrogen and oxygen atoms in total. The van der Waals surface area contributed by atoms with Crippen LogP contribution in [0.2, 0.25) is 0 Å². The minimum absolute atomic E-state index is 0.00634. The highest BCUT2D eigenvalue weighted by molar-refractivity contribution is 5.32. The molecule has 0 amide bonds. The van der Waals surface area contributed by atoms with Crippen LogP contribution in [0.3, 0.4) is 0 Å². The summed E-state index contributed by atoms with van der Waals surface area (Å²) in [6, 6.07) is 1.62. The number of hydrogen-bond acceptors (Lipinski definition) is 1. The first-order valence-corrected chi connectivity index (χ1v) is 3.75. The van der Waals surface area contributed by atoms with Crippen LogP contribution in [0.15, 0.2) is 11.1 Å². The molecule has 66 valence electrons. The standard InChI is InChI=1S/C8H8F3N/c9-8(10,11)7-4-2-1-3-6(7)5-12/h1-4H2. The zero-order valence-electron chi connectivity index (χ0n) is 6.41. The Morgan fingerprint density at radius 3 is 2.17 bits per heavy atom. The fraction of sp³-hybridized carbons (Fsp3) is 0.625. The molecule has 0 heterocycles. The molecule has 0 aromatic carbocycles. The highest BCUT2D eigenvalue weighted by atomic mass is 19.4. The molecule has 0 N–H and O–H groups in total. The van der Waals surface area contributed by atoms with Gasteiger partial charge in [0.25, 0.3) is 0 Å². The lowest BCUT2D eigenvalue weighted by Gasteiger charge is -2.17. The van der Waals surface area contributed by atoms with Crippen LogP contribution >= 0.6 is 0 Å². The predicted molar refractivity (Wildman–Crippen MR) is 37.2 cm³/mol. The van der Waals surface area contributed by atoms with Gasteiger partial charge in [-0.2, -0.15) is 18.4 Å². The highest BCUT2D eigenvalue weighted by Crippen LogP contribution is 2.36. The Balaban J connectivity index is 2.98. The van der Waals surface area contributed by atoms with E-state index in [0.717, 1.165) is 0 Å². The fourth-order valence-electron chi connectivity index (χ4n) is 1.34. The third-order valence-electron chi connectivity index (χ3n) is 1.94. The van der Waals surface area contributed by atoms with Gasteiger partial charge in [-0.15, -0.1) is 0 Å². The zero-order chi connectivity index (χ0) is 9.19. The second kappa shape index (κ2) is 3.18. The summed E-state index contributed by atoms with van der Waals surface area (Å²) in [6.07, 6.45) is -2.77. The van der Waals surface area contributed by atoms with Crippen LogP contribution in [0, 0.1) is 11.3 Å². The Bertz CT molecular complexity index is 244. The Morgan fingerprint density at radius 1 is 1.17 bits per heavy atom. The van der Waals surface area contributed by atoms with Crippen LogP contribution in [0.25, 0.3) is 0 Å². The Morgan fingerprint density at radius 2 is 1.75 bits per heavy atom. The molecule has 0 fully saturated rings. The third-order valence-corrected chi connectivity index (χ3v) is 1.94. The van der Waals surface area contributed by atoms with Gasteiger partial charge in [-0.3, -0.25) is 0 Å². The molecule has 1 aliphatic carbocycles. The number of hydrogen-bond donors (Lipinski definition) is 0. The third kappa shape index (κ3) is 1.79. The van der Waals surface area contributed by atoms with Crippen molar-refractivity contribution in [2.75, 3.05) is 0 Å². The maximum atomic E-state index is 12.2. The lowest BCUT2D eigenvalue weighted by Crippen LogP contribution is -2.16. The number of nitrogens with zero attached hydrogens (tertiary/aromatic N) is 1. The molecule has 0 saturated carbocycles. The van der Waals surface area contributed by atoms with E-state index in [2.05, 4.69) is 0 Å². The van der Waals surface area contributed by atoms with Gasteiger partial charge in [0, 0.05) is 11.1 Å². The monoisotopic (exact) mass is 175 g/mol. The molecule has 0 atom stereocenters. The first kappa shape index (κ1) is 9.11. The van der Waals surface area contributed by atoms with E-state index in [9.17, 15) is 13.2 Å². The minimum Gasteiger partial charge on any atom is -0.193 e. The van der Waals surface area contributed by atoms with Crippen molar-refractivity contribution in [3.8, 4) is 6.07 Å². The maximum absolute atomic E-state index is 12.2. The van der Waals surface area contributed by atoms with Gasteiger partial charge in [0.15, 0.2) is 0 Å². The van der Waals surface area contributed by atoms with Crippen LogP contribution in [-0.4, -0.2) is 6.18 Å². The van der Waals surface area contributed by atoms with Gasteiger partial charge in [0.2, 0.25) is 0 Å². The summed E-state index contributed by atoms with van der Waals surface area (Å²) in [5.41, 5.74) is -0.690. The minimum atomic E-state index is -4.30. The van der Waals surface area contributed by atoms with Gasteiger partial charge in [0.1, 0.15) is 0 Å². The Labute approximate surface area is 68.5 Å². The van der Waals surface area contributed by atoms with Crippen molar-refractivity contribution < 1.29 is 13.2 Å². The van der Waals surface area contributed by atoms with Crippen molar-refractivity contribution in [1.29, 1.82) is 5.26 Å². The summed E-state index contributed by atoms with van der Waals surface area (Å²) in [6.45, 7) is 0. The SMILES string of the molecule is N#CC1=C(C(F)(F)F)CCCC1. The van der Waals surface area contributed by atoms with Crippen LogP contribution in [-0.2, 0) is 0 Å². The average molecular weight is 175 g/mol. The summed E-state index contributed by atoms with van der Waals surface area (Å²) in [5.74, 6) is 0. The topological polar surface area (TPSA) is 23.8 Å². The summed E-state index contributed by atoms with van der Waals surface area (Å²) >= 11 is 0.